The zero-order valence-electron chi connectivity index (χ0n) is 6.64. The van der Waals surface area contributed by atoms with Gasteiger partial charge in [0.2, 0.25) is 0 Å². The lowest BCUT2D eigenvalue weighted by molar-refractivity contribution is 0.594. The van der Waals surface area contributed by atoms with Crippen molar-refractivity contribution in [2.24, 2.45) is 5.73 Å². The summed E-state index contributed by atoms with van der Waals surface area (Å²) in [5.74, 6) is -0.410. The minimum absolute atomic E-state index is 0.235. The third-order valence-electron chi connectivity index (χ3n) is 1.61. The minimum atomic E-state index is -0.410. The van der Waals surface area contributed by atoms with Gasteiger partial charge in [-0.1, -0.05) is 11.6 Å². The van der Waals surface area contributed by atoms with Crippen molar-refractivity contribution < 1.29 is 4.39 Å². The molecule has 12 heavy (non-hydrogen) atoms. The van der Waals surface area contributed by atoms with E-state index in [9.17, 15) is 4.39 Å². The van der Waals surface area contributed by atoms with Crippen LogP contribution in [0.4, 0.5) is 10.1 Å². The molecule has 0 bridgehead atoms. The van der Waals surface area contributed by atoms with Gasteiger partial charge in [0.25, 0.3) is 0 Å². The zero-order valence-corrected chi connectivity index (χ0v) is 7.40. The molecule has 0 fully saturated rings. The smallest absolute Gasteiger partial charge is 0.130 e. The molecule has 0 saturated heterocycles. The number of hydrogen-bond acceptors (Lipinski definition) is 2. The molecular weight excluding hydrogens is 179 g/mol. The topological polar surface area (TPSA) is 52.0 Å². The summed E-state index contributed by atoms with van der Waals surface area (Å²) in [6.07, 6.45) is 0. The maximum Gasteiger partial charge on any atom is 0.130 e. The molecule has 0 amide bonds. The quantitative estimate of drug-likeness (QED) is 0.663. The second-order valence-corrected chi connectivity index (χ2v) is 3.09. The van der Waals surface area contributed by atoms with Crippen LogP contribution < -0.4 is 11.5 Å². The van der Waals surface area contributed by atoms with Gasteiger partial charge in [-0.15, -0.1) is 0 Å². The molecule has 0 aliphatic heterocycles. The predicted molar refractivity (Wildman–Crippen MR) is 48.4 cm³/mol. The number of benzene rings is 1. The van der Waals surface area contributed by atoms with E-state index < -0.39 is 5.82 Å². The summed E-state index contributed by atoms with van der Waals surface area (Å²) in [7, 11) is 0. The maximum absolute atomic E-state index is 13.1. The largest absolute Gasteiger partial charge is 0.397 e. The van der Waals surface area contributed by atoms with Gasteiger partial charge >= 0.3 is 0 Å². The SMILES string of the molecule is C[C@H](N)c1cc(Cl)c(N)cc1F. The molecule has 2 nitrogen and oxygen atoms in total. The number of nitrogen functional groups attached to an aromatic ring is 1. The van der Waals surface area contributed by atoms with Crippen LogP contribution in [-0.2, 0) is 0 Å². The molecule has 66 valence electrons. The van der Waals surface area contributed by atoms with Crippen molar-refractivity contribution in [3.63, 3.8) is 0 Å². The van der Waals surface area contributed by atoms with Crippen LogP contribution in [0, 0.1) is 5.82 Å². The van der Waals surface area contributed by atoms with E-state index >= 15 is 0 Å². The lowest BCUT2D eigenvalue weighted by Gasteiger charge is -2.08. The first-order chi connectivity index (χ1) is 5.52. The Morgan fingerprint density at radius 2 is 2.08 bits per heavy atom. The van der Waals surface area contributed by atoms with Gasteiger partial charge in [0, 0.05) is 11.6 Å². The molecule has 0 unspecified atom stereocenters. The van der Waals surface area contributed by atoms with Crippen molar-refractivity contribution in [3.8, 4) is 0 Å². The molecule has 1 atom stereocenters. The van der Waals surface area contributed by atoms with Crippen molar-refractivity contribution in [2.45, 2.75) is 13.0 Å². The van der Waals surface area contributed by atoms with Gasteiger partial charge in [0.1, 0.15) is 5.82 Å². The molecular formula is C8H10ClFN2. The predicted octanol–water partition coefficient (Wildman–Crippen LogP) is 2.08. The summed E-state index contributed by atoms with van der Waals surface area (Å²) >= 11 is 5.68. The van der Waals surface area contributed by atoms with E-state index in [1.165, 1.54) is 12.1 Å². The summed E-state index contributed by atoms with van der Waals surface area (Å²) in [5, 5.41) is 0.337. The Kier molecular flexibility index (Phi) is 2.55. The maximum atomic E-state index is 13.1. The third-order valence-corrected chi connectivity index (χ3v) is 1.93. The lowest BCUT2D eigenvalue weighted by atomic mass is 10.1. The van der Waals surface area contributed by atoms with Gasteiger partial charge in [0.15, 0.2) is 0 Å². The van der Waals surface area contributed by atoms with Crippen LogP contribution in [0.25, 0.3) is 0 Å². The highest BCUT2D eigenvalue weighted by atomic mass is 35.5. The van der Waals surface area contributed by atoms with Gasteiger partial charge in [-0.3, -0.25) is 0 Å². The Hall–Kier alpha value is -0.800. The number of anilines is 1. The first kappa shape index (κ1) is 9.29. The van der Waals surface area contributed by atoms with E-state index in [1.54, 1.807) is 6.92 Å². The van der Waals surface area contributed by atoms with Gasteiger partial charge in [-0.25, -0.2) is 4.39 Å². The minimum Gasteiger partial charge on any atom is -0.397 e. The van der Waals surface area contributed by atoms with Crippen molar-refractivity contribution in [3.05, 3.63) is 28.5 Å². The fourth-order valence-corrected chi connectivity index (χ4v) is 1.10. The van der Waals surface area contributed by atoms with E-state index in [4.69, 9.17) is 23.1 Å². The lowest BCUT2D eigenvalue weighted by Crippen LogP contribution is -2.08. The van der Waals surface area contributed by atoms with Crippen LogP contribution in [-0.4, -0.2) is 0 Å². The second-order valence-electron chi connectivity index (χ2n) is 2.68. The normalized spacial score (nSPS) is 13.0. The molecule has 4 heteroatoms. The average molecular weight is 189 g/mol. The Morgan fingerprint density at radius 3 is 2.58 bits per heavy atom. The molecule has 0 aromatic heterocycles. The molecule has 1 aromatic carbocycles. The zero-order chi connectivity index (χ0) is 9.30. The Morgan fingerprint density at radius 1 is 1.50 bits per heavy atom. The van der Waals surface area contributed by atoms with E-state index in [1.807, 2.05) is 0 Å². The molecule has 0 saturated carbocycles. The standard InChI is InChI=1S/C8H10ClFN2/c1-4(11)5-2-6(9)8(12)3-7(5)10/h2-4H,11-12H2,1H3/t4-/m0/s1. The van der Waals surface area contributed by atoms with Crippen LogP contribution in [0.3, 0.4) is 0 Å². The van der Waals surface area contributed by atoms with Crippen LogP contribution in [0.5, 0.6) is 0 Å². The molecule has 0 heterocycles. The molecule has 0 spiro atoms. The van der Waals surface area contributed by atoms with Crippen LogP contribution >= 0.6 is 11.6 Å². The Labute approximate surface area is 75.3 Å². The van der Waals surface area contributed by atoms with E-state index in [0.717, 1.165) is 0 Å². The molecule has 0 aliphatic rings. The summed E-state index contributed by atoms with van der Waals surface area (Å²) < 4.78 is 13.1. The van der Waals surface area contributed by atoms with Crippen molar-refractivity contribution >= 4 is 17.3 Å². The van der Waals surface area contributed by atoms with E-state index in [0.29, 0.717) is 10.6 Å². The first-order valence-corrected chi connectivity index (χ1v) is 3.90. The summed E-state index contributed by atoms with van der Waals surface area (Å²) in [6, 6.07) is 2.26. The molecule has 1 rings (SSSR count). The Balaban J connectivity index is 3.23. The van der Waals surface area contributed by atoms with Gasteiger partial charge in [0.05, 0.1) is 10.7 Å². The highest BCUT2D eigenvalue weighted by Gasteiger charge is 2.09. The van der Waals surface area contributed by atoms with E-state index in [2.05, 4.69) is 0 Å². The highest BCUT2D eigenvalue weighted by Crippen LogP contribution is 2.25. The van der Waals surface area contributed by atoms with Crippen LogP contribution in [0.15, 0.2) is 12.1 Å². The van der Waals surface area contributed by atoms with Crippen LogP contribution in [0.2, 0.25) is 5.02 Å². The summed E-state index contributed by atoms with van der Waals surface area (Å²) in [4.78, 5) is 0. The van der Waals surface area contributed by atoms with Crippen molar-refractivity contribution in [1.29, 1.82) is 0 Å². The Bertz CT molecular complexity index is 299. The molecule has 4 N–H and O–H groups in total. The molecule has 0 aliphatic carbocycles. The van der Waals surface area contributed by atoms with E-state index in [-0.39, 0.29) is 11.7 Å². The molecule has 1 aromatic rings. The van der Waals surface area contributed by atoms with Crippen molar-refractivity contribution in [1.82, 2.24) is 0 Å². The number of rotatable bonds is 1. The fourth-order valence-electron chi connectivity index (χ4n) is 0.927. The summed E-state index contributed by atoms with van der Waals surface area (Å²) in [6.45, 7) is 1.69. The average Bonchev–Trinajstić information content (AvgIpc) is 1.96. The monoisotopic (exact) mass is 188 g/mol. The van der Waals surface area contributed by atoms with Crippen LogP contribution in [0.1, 0.15) is 18.5 Å². The number of hydrogen-bond donors (Lipinski definition) is 2. The second kappa shape index (κ2) is 3.29. The summed E-state index contributed by atoms with van der Waals surface area (Å²) in [5.41, 5.74) is 11.5. The first-order valence-electron chi connectivity index (χ1n) is 3.52. The molecule has 0 radical (unpaired) electrons. The number of halogens is 2. The third kappa shape index (κ3) is 1.68. The number of nitrogens with two attached hydrogens (primary N) is 2. The highest BCUT2D eigenvalue weighted by molar-refractivity contribution is 6.33. The van der Waals surface area contributed by atoms with Gasteiger partial charge < -0.3 is 11.5 Å². The van der Waals surface area contributed by atoms with Crippen molar-refractivity contribution in [2.75, 3.05) is 5.73 Å². The van der Waals surface area contributed by atoms with Gasteiger partial charge in [-0.05, 0) is 19.1 Å². The van der Waals surface area contributed by atoms with Gasteiger partial charge in [-0.2, -0.15) is 0 Å². The fraction of sp³-hybridized carbons (Fsp3) is 0.250.